The van der Waals surface area contributed by atoms with E-state index in [1.807, 2.05) is 30.3 Å². The summed E-state index contributed by atoms with van der Waals surface area (Å²) >= 11 is 0. The highest BCUT2D eigenvalue weighted by molar-refractivity contribution is 5.95. The van der Waals surface area contributed by atoms with Gasteiger partial charge in [0.05, 0.1) is 17.2 Å². The Bertz CT molecular complexity index is 856. The van der Waals surface area contributed by atoms with Crippen LogP contribution in [-0.4, -0.2) is 32.1 Å². The fraction of sp³-hybridized carbons (Fsp3) is 0.300. The Labute approximate surface area is 159 Å². The second kappa shape index (κ2) is 7.77. The van der Waals surface area contributed by atoms with Gasteiger partial charge in [-0.15, -0.1) is 12.4 Å². The Balaban J connectivity index is 0.00000196. The van der Waals surface area contributed by atoms with Crippen molar-refractivity contribution >= 4 is 24.1 Å². The van der Waals surface area contributed by atoms with E-state index in [1.54, 1.807) is 6.07 Å². The normalized spacial score (nSPS) is 18.5. The van der Waals surface area contributed by atoms with E-state index in [1.165, 1.54) is 0 Å². The van der Waals surface area contributed by atoms with Gasteiger partial charge in [0.2, 0.25) is 0 Å². The van der Waals surface area contributed by atoms with E-state index in [2.05, 4.69) is 22.4 Å². The second-order valence-corrected chi connectivity index (χ2v) is 6.38. The molecule has 0 radical (unpaired) electrons. The van der Waals surface area contributed by atoms with Crippen LogP contribution >= 0.6 is 12.4 Å². The van der Waals surface area contributed by atoms with Gasteiger partial charge < -0.3 is 15.0 Å². The summed E-state index contributed by atoms with van der Waals surface area (Å²) in [5.74, 6) is -0.272. The minimum atomic E-state index is -0.325. The Morgan fingerprint density at radius 1 is 1.19 bits per heavy atom. The molecule has 2 aromatic carbocycles. The summed E-state index contributed by atoms with van der Waals surface area (Å²) in [4.78, 5) is 14.6. The largest absolute Gasteiger partial charge is 0.454 e. The molecule has 0 spiro atoms. The highest BCUT2D eigenvalue weighted by Crippen LogP contribution is 2.36. The third kappa shape index (κ3) is 3.39. The van der Waals surface area contributed by atoms with Crippen LogP contribution in [0.15, 0.2) is 42.5 Å². The zero-order valence-electron chi connectivity index (χ0n) is 14.3. The number of benzene rings is 2. The van der Waals surface area contributed by atoms with Crippen molar-refractivity contribution in [2.24, 2.45) is 0 Å². The lowest BCUT2D eigenvalue weighted by atomic mass is 9.96. The Kier molecular flexibility index (Phi) is 5.46. The molecular weight excluding hydrogens is 350 g/mol. The third-order valence-electron chi connectivity index (χ3n) is 4.88. The molecule has 1 atom stereocenters. The maximum absolute atomic E-state index is 12.3. The molecule has 26 heavy (non-hydrogen) atoms. The van der Waals surface area contributed by atoms with E-state index < -0.39 is 0 Å². The molecule has 6 heteroatoms. The molecule has 0 aliphatic carbocycles. The van der Waals surface area contributed by atoms with Gasteiger partial charge in [0.25, 0.3) is 0 Å². The molecule has 2 aliphatic heterocycles. The molecule has 0 saturated carbocycles. The van der Waals surface area contributed by atoms with E-state index in [4.69, 9.17) is 4.74 Å². The Morgan fingerprint density at radius 3 is 2.73 bits per heavy atom. The number of nitriles is 1. The molecule has 1 fully saturated rings. The number of piperazine rings is 1. The summed E-state index contributed by atoms with van der Waals surface area (Å²) in [6, 6.07) is 15.7. The molecule has 2 aromatic rings. The number of halogens is 1. The van der Waals surface area contributed by atoms with Crippen molar-refractivity contribution in [3.63, 3.8) is 0 Å². The number of hydrogen-bond donors (Lipinski definition) is 1. The molecule has 5 nitrogen and oxygen atoms in total. The summed E-state index contributed by atoms with van der Waals surface area (Å²) in [6.07, 6.45) is 0.198. The molecule has 2 aliphatic rings. The van der Waals surface area contributed by atoms with Gasteiger partial charge in [-0.1, -0.05) is 24.3 Å². The van der Waals surface area contributed by atoms with E-state index in [-0.39, 0.29) is 24.5 Å². The first-order valence-corrected chi connectivity index (χ1v) is 8.55. The lowest BCUT2D eigenvalue weighted by Crippen LogP contribution is -2.43. The zero-order chi connectivity index (χ0) is 17.2. The molecule has 1 saturated heterocycles. The summed E-state index contributed by atoms with van der Waals surface area (Å²) in [6.45, 7) is 3.78. The van der Waals surface area contributed by atoms with Crippen LogP contribution in [0.1, 0.15) is 33.2 Å². The topological polar surface area (TPSA) is 65.4 Å². The predicted molar refractivity (Wildman–Crippen MR) is 102 cm³/mol. The van der Waals surface area contributed by atoms with Crippen molar-refractivity contribution in [3.05, 3.63) is 64.7 Å². The second-order valence-electron chi connectivity index (χ2n) is 6.38. The van der Waals surface area contributed by atoms with Crippen molar-refractivity contribution in [2.75, 3.05) is 31.1 Å². The van der Waals surface area contributed by atoms with Gasteiger partial charge >= 0.3 is 5.97 Å². The smallest absolute Gasteiger partial charge is 0.339 e. The van der Waals surface area contributed by atoms with Crippen LogP contribution in [0.3, 0.4) is 0 Å². The third-order valence-corrected chi connectivity index (χ3v) is 4.88. The number of carbonyl (C=O) groups is 1. The van der Waals surface area contributed by atoms with E-state index in [0.29, 0.717) is 17.5 Å². The van der Waals surface area contributed by atoms with Gasteiger partial charge in [-0.25, -0.2) is 4.79 Å². The minimum absolute atomic E-state index is 0. The summed E-state index contributed by atoms with van der Waals surface area (Å²) in [5, 5.41) is 12.6. The molecule has 4 rings (SSSR count). The van der Waals surface area contributed by atoms with Crippen LogP contribution < -0.4 is 10.2 Å². The number of nitrogens with zero attached hydrogens (tertiary/aromatic N) is 2. The average molecular weight is 370 g/mol. The highest BCUT2D eigenvalue weighted by atomic mass is 35.5. The number of hydrogen-bond acceptors (Lipinski definition) is 5. The number of esters is 1. The summed E-state index contributed by atoms with van der Waals surface area (Å²) in [5.41, 5.74) is 4.16. The summed E-state index contributed by atoms with van der Waals surface area (Å²) in [7, 11) is 0. The first-order valence-electron chi connectivity index (χ1n) is 8.55. The van der Waals surface area contributed by atoms with Crippen molar-refractivity contribution in [3.8, 4) is 6.07 Å². The number of nitrogens with one attached hydrogen (secondary N) is 1. The van der Waals surface area contributed by atoms with Gasteiger partial charge in [-0.3, -0.25) is 0 Å². The van der Waals surface area contributed by atoms with E-state index in [9.17, 15) is 10.1 Å². The van der Waals surface area contributed by atoms with Crippen molar-refractivity contribution < 1.29 is 9.53 Å². The van der Waals surface area contributed by atoms with Crippen LogP contribution in [0.25, 0.3) is 0 Å². The first-order chi connectivity index (χ1) is 12.3. The lowest BCUT2D eigenvalue weighted by molar-refractivity contribution is 0.0387. The number of cyclic esters (lactones) is 1. The van der Waals surface area contributed by atoms with E-state index in [0.717, 1.165) is 43.0 Å². The van der Waals surface area contributed by atoms with E-state index >= 15 is 0 Å². The van der Waals surface area contributed by atoms with Crippen LogP contribution in [-0.2, 0) is 11.2 Å². The molecule has 0 bridgehead atoms. The fourth-order valence-corrected chi connectivity index (χ4v) is 3.54. The molecule has 0 amide bonds. The molecule has 2 heterocycles. The molecule has 1 N–H and O–H groups in total. The number of rotatable bonds is 3. The van der Waals surface area contributed by atoms with Crippen LogP contribution in [0.2, 0.25) is 0 Å². The van der Waals surface area contributed by atoms with Crippen LogP contribution in [0.4, 0.5) is 5.69 Å². The average Bonchev–Trinajstić information content (AvgIpc) is 2.98. The van der Waals surface area contributed by atoms with Gasteiger partial charge in [0.15, 0.2) is 0 Å². The monoisotopic (exact) mass is 369 g/mol. The molecule has 0 aromatic heterocycles. The molecule has 134 valence electrons. The quantitative estimate of drug-likeness (QED) is 0.843. The van der Waals surface area contributed by atoms with Gasteiger partial charge in [0, 0.05) is 43.9 Å². The maximum atomic E-state index is 12.3. The van der Waals surface area contributed by atoms with Crippen LogP contribution in [0.5, 0.6) is 0 Å². The molecule has 1 unspecified atom stereocenters. The van der Waals surface area contributed by atoms with Crippen molar-refractivity contribution in [1.29, 1.82) is 5.26 Å². The Morgan fingerprint density at radius 2 is 1.96 bits per heavy atom. The number of carbonyl (C=O) groups excluding carboxylic acids is 1. The lowest BCUT2D eigenvalue weighted by Gasteiger charge is -2.29. The standard InChI is InChI=1S/C20H19N3O2.ClH/c21-13-15-4-2-1-3-14(15)11-19-17-6-5-16(12-18(17)20(24)25-19)23-9-7-22-8-10-23;/h1-6,12,19,22H,7-11H2;1H. The maximum Gasteiger partial charge on any atom is 0.339 e. The Hall–Kier alpha value is -2.55. The number of ether oxygens (including phenoxy) is 1. The summed E-state index contributed by atoms with van der Waals surface area (Å²) < 4.78 is 5.60. The fourth-order valence-electron chi connectivity index (χ4n) is 3.54. The van der Waals surface area contributed by atoms with Gasteiger partial charge in [-0.05, 0) is 23.8 Å². The van der Waals surface area contributed by atoms with Crippen molar-refractivity contribution in [1.82, 2.24) is 5.32 Å². The number of anilines is 1. The minimum Gasteiger partial charge on any atom is -0.454 e. The van der Waals surface area contributed by atoms with Gasteiger partial charge in [0.1, 0.15) is 6.10 Å². The number of fused-ring (bicyclic) bond motifs is 1. The van der Waals surface area contributed by atoms with Gasteiger partial charge in [-0.2, -0.15) is 5.26 Å². The van der Waals surface area contributed by atoms with Crippen LogP contribution in [0, 0.1) is 11.3 Å². The zero-order valence-corrected chi connectivity index (χ0v) is 15.1. The SMILES string of the molecule is Cl.N#Cc1ccccc1CC1OC(=O)c2cc(N3CCNCC3)ccc21. The first kappa shape index (κ1) is 18.2. The highest BCUT2D eigenvalue weighted by Gasteiger charge is 2.32. The van der Waals surface area contributed by atoms with Crippen molar-refractivity contribution in [2.45, 2.75) is 12.5 Å². The molecular formula is C20H20ClN3O2. The predicted octanol–water partition coefficient (Wildman–Crippen LogP) is 2.84.